The van der Waals surface area contributed by atoms with E-state index in [-0.39, 0.29) is 11.5 Å². The van der Waals surface area contributed by atoms with Crippen LogP contribution in [0, 0.1) is 11.6 Å². The van der Waals surface area contributed by atoms with Crippen molar-refractivity contribution in [2.75, 3.05) is 20.8 Å². The molecule has 0 aliphatic rings. The maximum absolute atomic E-state index is 13.3. The van der Waals surface area contributed by atoms with Gasteiger partial charge in [-0.3, -0.25) is 4.79 Å². The summed E-state index contributed by atoms with van der Waals surface area (Å²) in [5, 5.41) is 0. The van der Waals surface area contributed by atoms with Crippen LogP contribution in [-0.4, -0.2) is 31.6 Å². The van der Waals surface area contributed by atoms with Crippen LogP contribution in [0.2, 0.25) is 0 Å². The lowest BCUT2D eigenvalue weighted by atomic mass is 10.1. The van der Waals surface area contributed by atoms with Crippen LogP contribution in [0.4, 0.5) is 8.78 Å². The van der Waals surface area contributed by atoms with E-state index in [0.29, 0.717) is 24.6 Å². The van der Waals surface area contributed by atoms with Crippen molar-refractivity contribution < 1.29 is 23.0 Å². The molecule has 0 saturated heterocycles. The van der Waals surface area contributed by atoms with E-state index in [1.165, 1.54) is 18.1 Å². The van der Waals surface area contributed by atoms with Crippen molar-refractivity contribution in [2.24, 2.45) is 0 Å². The molecule has 0 bridgehead atoms. The zero-order valence-corrected chi connectivity index (χ0v) is 13.8. The van der Waals surface area contributed by atoms with E-state index in [0.717, 1.165) is 17.7 Å². The molecule has 0 aromatic heterocycles. The summed E-state index contributed by atoms with van der Waals surface area (Å²) < 4.78 is 36.8. The smallest absolute Gasteiger partial charge is 0.254 e. The number of amides is 1. The first-order chi connectivity index (χ1) is 11.5. The monoisotopic (exact) mass is 335 g/mol. The van der Waals surface area contributed by atoms with Crippen LogP contribution in [0.3, 0.4) is 0 Å². The molecule has 128 valence electrons. The molecule has 0 heterocycles. The first kappa shape index (κ1) is 17.7. The molecule has 1 amide bonds. The van der Waals surface area contributed by atoms with E-state index in [1.54, 1.807) is 19.2 Å². The number of benzene rings is 2. The van der Waals surface area contributed by atoms with E-state index < -0.39 is 11.6 Å². The molecule has 0 unspecified atom stereocenters. The number of carbonyl (C=O) groups is 1. The van der Waals surface area contributed by atoms with Crippen molar-refractivity contribution in [1.29, 1.82) is 0 Å². The van der Waals surface area contributed by atoms with Gasteiger partial charge in [-0.2, -0.15) is 0 Å². The van der Waals surface area contributed by atoms with E-state index in [2.05, 4.69) is 0 Å². The molecular formula is C18H19F2NO3. The third kappa shape index (κ3) is 3.82. The standard InChI is InChI=1S/C18H19F2NO3/c1-4-21(18(22)13-6-7-14(19)15(20)10-13)11-12-5-8-16(23-2)17(9-12)24-3/h5-10H,4,11H2,1-3H3. The van der Waals surface area contributed by atoms with Crippen LogP contribution in [0.1, 0.15) is 22.8 Å². The Hall–Kier alpha value is -2.63. The SMILES string of the molecule is CCN(Cc1ccc(OC)c(OC)c1)C(=O)c1ccc(F)c(F)c1. The summed E-state index contributed by atoms with van der Waals surface area (Å²) in [5.74, 6) is -1.23. The number of carbonyl (C=O) groups excluding carboxylic acids is 1. The molecule has 0 N–H and O–H groups in total. The fourth-order valence-corrected chi connectivity index (χ4v) is 2.34. The average molecular weight is 335 g/mol. The van der Waals surface area contributed by atoms with Crippen molar-refractivity contribution in [3.63, 3.8) is 0 Å². The lowest BCUT2D eigenvalue weighted by Gasteiger charge is -2.22. The molecule has 0 radical (unpaired) electrons. The van der Waals surface area contributed by atoms with E-state index in [9.17, 15) is 13.6 Å². The Bertz CT molecular complexity index is 734. The molecule has 0 fully saturated rings. The van der Waals surface area contributed by atoms with Gasteiger partial charge in [0.15, 0.2) is 23.1 Å². The molecular weight excluding hydrogens is 316 g/mol. The number of nitrogens with zero attached hydrogens (tertiary/aromatic N) is 1. The number of hydrogen-bond donors (Lipinski definition) is 0. The molecule has 2 aromatic rings. The Morgan fingerprint density at radius 3 is 2.29 bits per heavy atom. The quantitative estimate of drug-likeness (QED) is 0.809. The number of methoxy groups -OCH3 is 2. The molecule has 4 nitrogen and oxygen atoms in total. The Morgan fingerprint density at radius 2 is 1.71 bits per heavy atom. The second-order valence-electron chi connectivity index (χ2n) is 5.14. The minimum atomic E-state index is -1.04. The van der Waals surface area contributed by atoms with Crippen molar-refractivity contribution in [1.82, 2.24) is 4.90 Å². The maximum atomic E-state index is 13.3. The molecule has 0 aliphatic heterocycles. The van der Waals surface area contributed by atoms with Crippen LogP contribution >= 0.6 is 0 Å². The molecule has 0 atom stereocenters. The van der Waals surface area contributed by atoms with E-state index in [4.69, 9.17) is 9.47 Å². The summed E-state index contributed by atoms with van der Waals surface area (Å²) in [6.07, 6.45) is 0. The summed E-state index contributed by atoms with van der Waals surface area (Å²) in [6, 6.07) is 8.49. The normalized spacial score (nSPS) is 10.4. The molecule has 0 aliphatic carbocycles. The number of hydrogen-bond acceptors (Lipinski definition) is 3. The van der Waals surface area contributed by atoms with Gasteiger partial charge in [-0.1, -0.05) is 6.07 Å². The third-order valence-corrected chi connectivity index (χ3v) is 3.66. The predicted octanol–water partition coefficient (Wildman–Crippen LogP) is 3.64. The first-order valence-electron chi connectivity index (χ1n) is 7.45. The zero-order valence-electron chi connectivity index (χ0n) is 13.8. The first-order valence-corrected chi connectivity index (χ1v) is 7.45. The van der Waals surface area contributed by atoms with Crippen LogP contribution < -0.4 is 9.47 Å². The summed E-state index contributed by atoms with van der Waals surface area (Å²) in [5.41, 5.74) is 0.946. The zero-order chi connectivity index (χ0) is 17.7. The average Bonchev–Trinajstić information content (AvgIpc) is 2.61. The molecule has 2 aromatic carbocycles. The molecule has 0 spiro atoms. The fourth-order valence-electron chi connectivity index (χ4n) is 2.34. The van der Waals surface area contributed by atoms with Crippen LogP contribution in [0.25, 0.3) is 0 Å². The minimum absolute atomic E-state index is 0.108. The second-order valence-corrected chi connectivity index (χ2v) is 5.14. The van der Waals surface area contributed by atoms with Gasteiger partial charge in [-0.15, -0.1) is 0 Å². The number of rotatable bonds is 6. The van der Waals surface area contributed by atoms with E-state index in [1.807, 2.05) is 13.0 Å². The van der Waals surface area contributed by atoms with E-state index >= 15 is 0 Å². The van der Waals surface area contributed by atoms with Crippen LogP contribution in [-0.2, 0) is 6.54 Å². The Morgan fingerprint density at radius 1 is 1.00 bits per heavy atom. The van der Waals surface area contributed by atoms with Crippen molar-refractivity contribution in [3.8, 4) is 11.5 Å². The Balaban J connectivity index is 2.22. The third-order valence-electron chi connectivity index (χ3n) is 3.66. The van der Waals surface area contributed by atoms with Gasteiger partial charge in [0.2, 0.25) is 0 Å². The maximum Gasteiger partial charge on any atom is 0.254 e. The van der Waals surface area contributed by atoms with Crippen molar-refractivity contribution >= 4 is 5.91 Å². The van der Waals surface area contributed by atoms with Gasteiger partial charge in [0.05, 0.1) is 14.2 Å². The second kappa shape index (κ2) is 7.77. The van der Waals surface area contributed by atoms with Crippen molar-refractivity contribution in [3.05, 3.63) is 59.2 Å². The lowest BCUT2D eigenvalue weighted by molar-refractivity contribution is 0.0752. The Kier molecular flexibility index (Phi) is 5.73. The lowest BCUT2D eigenvalue weighted by Crippen LogP contribution is -2.30. The van der Waals surface area contributed by atoms with Crippen LogP contribution in [0.5, 0.6) is 11.5 Å². The highest BCUT2D eigenvalue weighted by Gasteiger charge is 2.17. The van der Waals surface area contributed by atoms with Crippen LogP contribution in [0.15, 0.2) is 36.4 Å². The molecule has 24 heavy (non-hydrogen) atoms. The highest BCUT2D eigenvalue weighted by molar-refractivity contribution is 5.94. The van der Waals surface area contributed by atoms with Gasteiger partial charge in [0.25, 0.3) is 5.91 Å². The molecule has 0 saturated carbocycles. The highest BCUT2D eigenvalue weighted by Crippen LogP contribution is 2.28. The van der Waals surface area contributed by atoms with Gasteiger partial charge in [0.1, 0.15) is 0 Å². The van der Waals surface area contributed by atoms with Gasteiger partial charge >= 0.3 is 0 Å². The van der Waals surface area contributed by atoms with Gasteiger partial charge < -0.3 is 14.4 Å². The summed E-state index contributed by atoms with van der Waals surface area (Å²) in [4.78, 5) is 14.0. The van der Waals surface area contributed by atoms with Gasteiger partial charge in [-0.05, 0) is 42.8 Å². The summed E-state index contributed by atoms with van der Waals surface area (Å²) in [7, 11) is 3.08. The number of ether oxygens (including phenoxy) is 2. The summed E-state index contributed by atoms with van der Waals surface area (Å²) in [6.45, 7) is 2.55. The highest BCUT2D eigenvalue weighted by atomic mass is 19.2. The van der Waals surface area contributed by atoms with Gasteiger partial charge in [0, 0.05) is 18.7 Å². The minimum Gasteiger partial charge on any atom is -0.493 e. The Labute approximate surface area is 139 Å². The molecule has 2 rings (SSSR count). The summed E-state index contributed by atoms with van der Waals surface area (Å²) >= 11 is 0. The van der Waals surface area contributed by atoms with Gasteiger partial charge in [-0.25, -0.2) is 8.78 Å². The van der Waals surface area contributed by atoms with Crippen molar-refractivity contribution in [2.45, 2.75) is 13.5 Å². The predicted molar refractivity (Wildman–Crippen MR) is 86.3 cm³/mol. The largest absolute Gasteiger partial charge is 0.493 e. The topological polar surface area (TPSA) is 38.8 Å². The molecule has 6 heteroatoms. The number of halogens is 2. The fraction of sp³-hybridized carbons (Fsp3) is 0.278.